The SMILES string of the molecule is Cc1cc(C(=O)NCc2ccco2)c(C)n1Cc1cccs1. The zero-order valence-electron chi connectivity index (χ0n) is 12.6. The molecule has 1 amide bonds. The van der Waals surface area contributed by atoms with E-state index in [1.54, 1.807) is 17.6 Å². The monoisotopic (exact) mass is 314 g/mol. The summed E-state index contributed by atoms with van der Waals surface area (Å²) in [7, 11) is 0. The van der Waals surface area contributed by atoms with Gasteiger partial charge in [0.05, 0.1) is 24.9 Å². The summed E-state index contributed by atoms with van der Waals surface area (Å²) in [5, 5.41) is 4.97. The fraction of sp³-hybridized carbons (Fsp3) is 0.235. The van der Waals surface area contributed by atoms with Crippen molar-refractivity contribution in [2.24, 2.45) is 0 Å². The molecule has 5 heteroatoms. The normalized spacial score (nSPS) is 10.8. The van der Waals surface area contributed by atoms with Crippen LogP contribution in [0.4, 0.5) is 0 Å². The first-order valence-corrected chi connectivity index (χ1v) is 8.03. The van der Waals surface area contributed by atoms with E-state index in [4.69, 9.17) is 4.42 Å². The van der Waals surface area contributed by atoms with Crippen LogP contribution in [0.3, 0.4) is 0 Å². The molecule has 3 aromatic rings. The second kappa shape index (κ2) is 6.23. The molecule has 3 rings (SSSR count). The Bertz CT molecular complexity index is 755. The van der Waals surface area contributed by atoms with Crippen LogP contribution in [-0.2, 0) is 13.1 Å². The van der Waals surface area contributed by atoms with Gasteiger partial charge in [-0.3, -0.25) is 4.79 Å². The highest BCUT2D eigenvalue weighted by Crippen LogP contribution is 2.19. The minimum Gasteiger partial charge on any atom is -0.467 e. The van der Waals surface area contributed by atoms with E-state index in [0.29, 0.717) is 6.54 Å². The highest BCUT2D eigenvalue weighted by Gasteiger charge is 2.16. The number of furan rings is 1. The minimum absolute atomic E-state index is 0.0677. The summed E-state index contributed by atoms with van der Waals surface area (Å²) in [6.45, 7) is 5.23. The van der Waals surface area contributed by atoms with E-state index in [2.05, 4.69) is 21.3 Å². The number of thiophene rings is 1. The third-order valence-corrected chi connectivity index (χ3v) is 4.58. The van der Waals surface area contributed by atoms with Crippen molar-refractivity contribution in [1.29, 1.82) is 0 Å². The number of amides is 1. The highest BCUT2D eigenvalue weighted by atomic mass is 32.1. The van der Waals surface area contributed by atoms with Gasteiger partial charge in [0, 0.05) is 16.3 Å². The summed E-state index contributed by atoms with van der Waals surface area (Å²) in [6.07, 6.45) is 1.61. The number of hydrogen-bond acceptors (Lipinski definition) is 3. The number of carbonyl (C=O) groups is 1. The molecule has 0 radical (unpaired) electrons. The van der Waals surface area contributed by atoms with Gasteiger partial charge in [0.1, 0.15) is 5.76 Å². The predicted molar refractivity (Wildman–Crippen MR) is 87.2 cm³/mol. The van der Waals surface area contributed by atoms with Crippen LogP contribution < -0.4 is 5.32 Å². The lowest BCUT2D eigenvalue weighted by Gasteiger charge is -2.08. The smallest absolute Gasteiger partial charge is 0.253 e. The second-order valence-corrected chi connectivity index (χ2v) is 6.24. The zero-order chi connectivity index (χ0) is 15.5. The van der Waals surface area contributed by atoms with E-state index in [9.17, 15) is 4.79 Å². The van der Waals surface area contributed by atoms with Gasteiger partial charge in [-0.25, -0.2) is 0 Å². The summed E-state index contributed by atoms with van der Waals surface area (Å²) in [5.41, 5.74) is 2.80. The van der Waals surface area contributed by atoms with Crippen LogP contribution in [-0.4, -0.2) is 10.5 Å². The van der Waals surface area contributed by atoms with Gasteiger partial charge in [0.2, 0.25) is 0 Å². The molecule has 114 valence electrons. The molecule has 0 saturated heterocycles. The Morgan fingerprint density at radius 2 is 2.18 bits per heavy atom. The third kappa shape index (κ3) is 2.99. The molecular formula is C17H18N2O2S. The van der Waals surface area contributed by atoms with Gasteiger partial charge in [0.25, 0.3) is 5.91 Å². The Morgan fingerprint density at radius 3 is 2.86 bits per heavy atom. The van der Waals surface area contributed by atoms with Crippen molar-refractivity contribution in [3.63, 3.8) is 0 Å². The number of carbonyl (C=O) groups excluding carboxylic acids is 1. The van der Waals surface area contributed by atoms with Crippen LogP contribution in [0.2, 0.25) is 0 Å². The summed E-state index contributed by atoms with van der Waals surface area (Å²) in [4.78, 5) is 13.6. The molecule has 3 heterocycles. The van der Waals surface area contributed by atoms with Crippen molar-refractivity contribution in [2.45, 2.75) is 26.9 Å². The van der Waals surface area contributed by atoms with Crippen LogP contribution in [0, 0.1) is 13.8 Å². The van der Waals surface area contributed by atoms with Crippen LogP contribution in [0.15, 0.2) is 46.4 Å². The molecule has 1 N–H and O–H groups in total. The zero-order valence-corrected chi connectivity index (χ0v) is 13.4. The van der Waals surface area contributed by atoms with Gasteiger partial charge in [-0.15, -0.1) is 11.3 Å². The quantitative estimate of drug-likeness (QED) is 0.780. The molecular weight excluding hydrogens is 296 g/mol. The van der Waals surface area contributed by atoms with Crippen molar-refractivity contribution in [3.05, 3.63) is 69.6 Å². The number of aryl methyl sites for hydroxylation is 1. The van der Waals surface area contributed by atoms with Gasteiger partial charge in [0.15, 0.2) is 0 Å². The number of aromatic nitrogens is 1. The topological polar surface area (TPSA) is 47.2 Å². The summed E-state index contributed by atoms with van der Waals surface area (Å²) < 4.78 is 7.40. The maximum atomic E-state index is 12.4. The van der Waals surface area contributed by atoms with Crippen LogP contribution in [0.25, 0.3) is 0 Å². The molecule has 3 aromatic heterocycles. The largest absolute Gasteiger partial charge is 0.467 e. The van der Waals surface area contributed by atoms with Crippen LogP contribution >= 0.6 is 11.3 Å². The molecule has 0 saturated carbocycles. The lowest BCUT2D eigenvalue weighted by molar-refractivity contribution is 0.0947. The van der Waals surface area contributed by atoms with E-state index in [0.717, 1.165) is 29.3 Å². The first-order chi connectivity index (χ1) is 10.6. The molecule has 4 nitrogen and oxygen atoms in total. The molecule has 0 aliphatic carbocycles. The number of hydrogen-bond donors (Lipinski definition) is 1. The van der Waals surface area contributed by atoms with E-state index in [1.807, 2.05) is 38.1 Å². The van der Waals surface area contributed by atoms with Crippen LogP contribution in [0.1, 0.15) is 32.4 Å². The molecule has 0 spiro atoms. The Morgan fingerprint density at radius 1 is 1.32 bits per heavy atom. The van der Waals surface area contributed by atoms with Crippen molar-refractivity contribution in [1.82, 2.24) is 9.88 Å². The highest BCUT2D eigenvalue weighted by molar-refractivity contribution is 7.09. The van der Waals surface area contributed by atoms with Crippen molar-refractivity contribution < 1.29 is 9.21 Å². The summed E-state index contributed by atoms with van der Waals surface area (Å²) in [6, 6.07) is 9.76. The van der Waals surface area contributed by atoms with E-state index in [1.165, 1.54) is 4.88 Å². The molecule has 0 aliphatic heterocycles. The number of nitrogens with one attached hydrogen (secondary N) is 1. The predicted octanol–water partition coefficient (Wildman–Crippen LogP) is 3.74. The van der Waals surface area contributed by atoms with E-state index < -0.39 is 0 Å². The molecule has 0 aliphatic rings. The average molecular weight is 314 g/mol. The van der Waals surface area contributed by atoms with Crippen molar-refractivity contribution in [3.8, 4) is 0 Å². The molecule has 0 aromatic carbocycles. The maximum Gasteiger partial charge on any atom is 0.253 e. The molecule has 0 fully saturated rings. The number of rotatable bonds is 5. The Hall–Kier alpha value is -2.27. The first kappa shape index (κ1) is 14.7. The van der Waals surface area contributed by atoms with Gasteiger partial charge in [-0.1, -0.05) is 6.07 Å². The maximum absolute atomic E-state index is 12.4. The summed E-state index contributed by atoms with van der Waals surface area (Å²) >= 11 is 1.73. The van der Waals surface area contributed by atoms with E-state index >= 15 is 0 Å². The average Bonchev–Trinajstić information content (AvgIpc) is 3.23. The van der Waals surface area contributed by atoms with Gasteiger partial charge >= 0.3 is 0 Å². The first-order valence-electron chi connectivity index (χ1n) is 7.15. The fourth-order valence-corrected chi connectivity index (χ4v) is 3.20. The second-order valence-electron chi connectivity index (χ2n) is 5.21. The van der Waals surface area contributed by atoms with E-state index in [-0.39, 0.29) is 5.91 Å². The Labute approximate surface area is 133 Å². The molecule has 0 bridgehead atoms. The Balaban J connectivity index is 1.75. The Kier molecular flexibility index (Phi) is 4.15. The van der Waals surface area contributed by atoms with Crippen molar-refractivity contribution >= 4 is 17.2 Å². The minimum atomic E-state index is -0.0677. The van der Waals surface area contributed by atoms with Gasteiger partial charge in [-0.2, -0.15) is 0 Å². The van der Waals surface area contributed by atoms with Crippen molar-refractivity contribution in [2.75, 3.05) is 0 Å². The molecule has 22 heavy (non-hydrogen) atoms. The molecule has 0 atom stereocenters. The lowest BCUT2D eigenvalue weighted by Crippen LogP contribution is -2.23. The summed E-state index contributed by atoms with van der Waals surface area (Å²) in [5.74, 6) is 0.683. The standard InChI is InChI=1S/C17H18N2O2S/c1-12-9-16(17(20)18-10-14-5-3-7-21-14)13(2)19(12)11-15-6-4-8-22-15/h3-9H,10-11H2,1-2H3,(H,18,20). The fourth-order valence-electron chi connectivity index (χ4n) is 2.51. The lowest BCUT2D eigenvalue weighted by atomic mass is 10.2. The molecule has 0 unspecified atom stereocenters. The third-order valence-electron chi connectivity index (χ3n) is 3.72. The number of nitrogens with zero attached hydrogens (tertiary/aromatic N) is 1. The van der Waals surface area contributed by atoms with Gasteiger partial charge < -0.3 is 14.3 Å². The van der Waals surface area contributed by atoms with Gasteiger partial charge in [-0.05, 0) is 43.5 Å². The van der Waals surface area contributed by atoms with Crippen LogP contribution in [0.5, 0.6) is 0 Å².